The molecule has 0 atom stereocenters. The maximum absolute atomic E-state index is 12.5. The predicted octanol–water partition coefficient (Wildman–Crippen LogP) is 4.60. The number of halogens is 1. The lowest BCUT2D eigenvalue weighted by Crippen LogP contribution is -2.06. The van der Waals surface area contributed by atoms with Crippen molar-refractivity contribution in [3.05, 3.63) is 75.4 Å². The van der Waals surface area contributed by atoms with Crippen LogP contribution < -0.4 is 5.63 Å². The van der Waals surface area contributed by atoms with Crippen molar-refractivity contribution >= 4 is 17.2 Å². The number of aryl methyl sites for hydroxylation is 2. The van der Waals surface area contributed by atoms with Crippen LogP contribution >= 0.6 is 11.6 Å². The summed E-state index contributed by atoms with van der Waals surface area (Å²) < 4.78 is 6.99. The number of nitrogens with zero attached hydrogens (tertiary/aromatic N) is 2. The molecule has 0 bridgehead atoms. The standard InChI is InChI=1S/C20H15ClN2O3/c1-11-7-8-23-16(9-11)22-18(13-3-5-14(21)6-4-13)19(23)17-15(24)10-12(2)26-20(17)25/h3-10,24H,1-2H3. The van der Waals surface area contributed by atoms with Gasteiger partial charge < -0.3 is 9.52 Å². The van der Waals surface area contributed by atoms with Gasteiger partial charge in [-0.25, -0.2) is 9.78 Å². The van der Waals surface area contributed by atoms with Gasteiger partial charge in [0.1, 0.15) is 22.7 Å². The van der Waals surface area contributed by atoms with Crippen molar-refractivity contribution in [1.82, 2.24) is 9.38 Å². The highest BCUT2D eigenvalue weighted by molar-refractivity contribution is 6.30. The van der Waals surface area contributed by atoms with Gasteiger partial charge in [-0.05, 0) is 43.7 Å². The number of benzene rings is 1. The Kier molecular flexibility index (Phi) is 3.81. The Hall–Kier alpha value is -3.05. The van der Waals surface area contributed by atoms with Crippen LogP contribution in [-0.4, -0.2) is 14.5 Å². The first-order chi connectivity index (χ1) is 12.4. The molecule has 0 amide bonds. The van der Waals surface area contributed by atoms with Crippen LogP contribution in [0.4, 0.5) is 0 Å². The zero-order chi connectivity index (χ0) is 18.4. The third-order valence-corrected chi connectivity index (χ3v) is 4.44. The fraction of sp³-hybridized carbons (Fsp3) is 0.100. The van der Waals surface area contributed by atoms with Crippen molar-refractivity contribution in [2.24, 2.45) is 0 Å². The second-order valence-corrected chi connectivity index (χ2v) is 6.59. The first-order valence-electron chi connectivity index (χ1n) is 8.03. The molecule has 3 heterocycles. The summed E-state index contributed by atoms with van der Waals surface area (Å²) >= 11 is 5.99. The summed E-state index contributed by atoms with van der Waals surface area (Å²) in [7, 11) is 0. The Balaban J connectivity index is 2.12. The van der Waals surface area contributed by atoms with Crippen LogP contribution in [0.15, 0.2) is 57.9 Å². The first kappa shape index (κ1) is 16.4. The lowest BCUT2D eigenvalue weighted by Gasteiger charge is -2.07. The number of aromatic nitrogens is 2. The van der Waals surface area contributed by atoms with E-state index in [0.29, 0.717) is 27.8 Å². The van der Waals surface area contributed by atoms with Crippen LogP contribution in [0.5, 0.6) is 5.75 Å². The van der Waals surface area contributed by atoms with Crippen molar-refractivity contribution in [2.75, 3.05) is 0 Å². The van der Waals surface area contributed by atoms with Gasteiger partial charge in [-0.1, -0.05) is 23.7 Å². The average Bonchev–Trinajstić information content (AvgIpc) is 2.93. The lowest BCUT2D eigenvalue weighted by molar-refractivity contribution is 0.438. The summed E-state index contributed by atoms with van der Waals surface area (Å²) in [6.07, 6.45) is 1.82. The molecule has 0 unspecified atom stereocenters. The van der Waals surface area contributed by atoms with Gasteiger partial charge in [-0.2, -0.15) is 0 Å². The Morgan fingerprint density at radius 2 is 1.85 bits per heavy atom. The number of pyridine rings is 1. The van der Waals surface area contributed by atoms with Gasteiger partial charge in [0.25, 0.3) is 0 Å². The van der Waals surface area contributed by atoms with E-state index in [1.807, 2.05) is 37.4 Å². The molecule has 130 valence electrons. The highest BCUT2D eigenvalue weighted by Gasteiger charge is 2.22. The number of aromatic hydroxyl groups is 1. The smallest absolute Gasteiger partial charge is 0.349 e. The first-order valence-corrected chi connectivity index (χ1v) is 8.40. The van der Waals surface area contributed by atoms with Crippen molar-refractivity contribution in [3.63, 3.8) is 0 Å². The van der Waals surface area contributed by atoms with E-state index < -0.39 is 5.63 Å². The molecule has 4 rings (SSSR count). The molecule has 0 fully saturated rings. The minimum absolute atomic E-state index is 0.0805. The minimum Gasteiger partial charge on any atom is -0.507 e. The van der Waals surface area contributed by atoms with E-state index >= 15 is 0 Å². The summed E-state index contributed by atoms with van der Waals surface area (Å²) in [5, 5.41) is 11.1. The maximum atomic E-state index is 12.5. The molecule has 0 aliphatic heterocycles. The van der Waals surface area contributed by atoms with Crippen molar-refractivity contribution in [2.45, 2.75) is 13.8 Å². The molecule has 0 spiro atoms. The Labute approximate surface area is 154 Å². The van der Waals surface area contributed by atoms with Crippen LogP contribution in [-0.2, 0) is 0 Å². The second-order valence-electron chi connectivity index (χ2n) is 6.15. The van der Waals surface area contributed by atoms with Gasteiger partial charge in [0.05, 0.1) is 11.4 Å². The largest absolute Gasteiger partial charge is 0.507 e. The van der Waals surface area contributed by atoms with E-state index in [1.165, 1.54) is 6.07 Å². The van der Waals surface area contributed by atoms with Gasteiger partial charge in [-0.3, -0.25) is 4.40 Å². The molecular formula is C20H15ClN2O3. The molecular weight excluding hydrogens is 352 g/mol. The maximum Gasteiger partial charge on any atom is 0.349 e. The van der Waals surface area contributed by atoms with Crippen LogP contribution in [0.25, 0.3) is 28.2 Å². The lowest BCUT2D eigenvalue weighted by atomic mass is 10.1. The molecule has 1 aromatic carbocycles. The zero-order valence-corrected chi connectivity index (χ0v) is 14.9. The number of imidazole rings is 1. The summed E-state index contributed by atoms with van der Waals surface area (Å²) in [6, 6.07) is 12.4. The van der Waals surface area contributed by atoms with Crippen LogP contribution in [0.2, 0.25) is 5.02 Å². The van der Waals surface area contributed by atoms with Gasteiger partial charge >= 0.3 is 5.63 Å². The highest BCUT2D eigenvalue weighted by atomic mass is 35.5. The quantitative estimate of drug-likeness (QED) is 0.563. The van der Waals surface area contributed by atoms with Gasteiger partial charge in [0.2, 0.25) is 0 Å². The van der Waals surface area contributed by atoms with E-state index in [4.69, 9.17) is 16.0 Å². The molecule has 0 saturated carbocycles. The summed E-state index contributed by atoms with van der Waals surface area (Å²) in [5.74, 6) is 0.199. The topological polar surface area (TPSA) is 67.7 Å². The fourth-order valence-electron chi connectivity index (χ4n) is 3.01. The molecule has 0 aliphatic rings. The highest BCUT2D eigenvalue weighted by Crippen LogP contribution is 2.36. The summed E-state index contributed by atoms with van der Waals surface area (Å²) in [5.41, 5.74) is 3.01. The number of fused-ring (bicyclic) bond motifs is 1. The Morgan fingerprint density at radius 3 is 2.54 bits per heavy atom. The molecule has 0 aliphatic carbocycles. The molecule has 3 aromatic heterocycles. The monoisotopic (exact) mass is 366 g/mol. The zero-order valence-electron chi connectivity index (χ0n) is 14.2. The van der Waals surface area contributed by atoms with Crippen molar-refractivity contribution in [1.29, 1.82) is 0 Å². The molecule has 5 nitrogen and oxygen atoms in total. The number of hydrogen-bond donors (Lipinski definition) is 1. The van der Waals surface area contributed by atoms with Crippen LogP contribution in [0.3, 0.4) is 0 Å². The van der Waals surface area contributed by atoms with E-state index in [2.05, 4.69) is 4.98 Å². The third kappa shape index (κ3) is 2.66. The van der Waals surface area contributed by atoms with Crippen molar-refractivity contribution in [3.8, 4) is 28.3 Å². The molecule has 1 N–H and O–H groups in total. The fourth-order valence-corrected chi connectivity index (χ4v) is 3.13. The minimum atomic E-state index is -0.611. The average molecular weight is 367 g/mol. The van der Waals surface area contributed by atoms with Crippen LogP contribution in [0, 0.1) is 13.8 Å². The molecule has 6 heteroatoms. The number of hydrogen-bond acceptors (Lipinski definition) is 4. The molecule has 26 heavy (non-hydrogen) atoms. The van der Waals surface area contributed by atoms with Crippen LogP contribution in [0.1, 0.15) is 11.3 Å². The predicted molar refractivity (Wildman–Crippen MR) is 101 cm³/mol. The number of rotatable bonds is 2. The van der Waals surface area contributed by atoms with Gasteiger partial charge in [0, 0.05) is 22.8 Å². The van der Waals surface area contributed by atoms with E-state index in [-0.39, 0.29) is 11.3 Å². The molecule has 0 saturated heterocycles. The van der Waals surface area contributed by atoms with Crippen molar-refractivity contribution < 1.29 is 9.52 Å². The van der Waals surface area contributed by atoms with E-state index in [1.54, 1.807) is 23.5 Å². The molecule has 0 radical (unpaired) electrons. The van der Waals surface area contributed by atoms with E-state index in [0.717, 1.165) is 11.1 Å². The Bertz CT molecular complexity index is 1190. The van der Waals surface area contributed by atoms with E-state index in [9.17, 15) is 9.90 Å². The third-order valence-electron chi connectivity index (χ3n) is 4.19. The SMILES string of the molecule is Cc1ccn2c(-c3c(O)cc(C)oc3=O)c(-c3ccc(Cl)cc3)nc2c1. The summed E-state index contributed by atoms with van der Waals surface area (Å²) in [4.78, 5) is 17.2. The van der Waals surface area contributed by atoms with Gasteiger partial charge in [-0.15, -0.1) is 0 Å². The summed E-state index contributed by atoms with van der Waals surface area (Å²) in [6.45, 7) is 3.58. The normalized spacial score (nSPS) is 11.2. The Morgan fingerprint density at radius 1 is 1.12 bits per heavy atom. The van der Waals surface area contributed by atoms with Gasteiger partial charge in [0.15, 0.2) is 0 Å². The second kappa shape index (κ2) is 6.04. The molecule has 4 aromatic rings.